The molecule has 0 aromatic carbocycles. The van der Waals surface area contributed by atoms with Crippen LogP contribution in [-0.4, -0.2) is 15.8 Å². The fourth-order valence-electron chi connectivity index (χ4n) is 2.74. The molecular weight excluding hydrogens is 224 g/mol. The molecule has 0 amide bonds. The molecule has 1 fully saturated rings. The number of hydrogen-bond acceptors (Lipinski definition) is 2. The van der Waals surface area contributed by atoms with Gasteiger partial charge in [-0.15, -0.1) is 0 Å². The van der Waals surface area contributed by atoms with Crippen molar-refractivity contribution < 1.29 is 4.79 Å². The molecule has 0 radical (unpaired) electrons. The molecule has 1 aliphatic heterocycles. The van der Waals surface area contributed by atoms with Gasteiger partial charge in [-0.2, -0.15) is 0 Å². The van der Waals surface area contributed by atoms with Gasteiger partial charge in [0.1, 0.15) is 12.1 Å². The number of imidazole rings is 1. The Morgan fingerprint density at radius 3 is 2.75 bits per heavy atom. The van der Waals surface area contributed by atoms with Crippen molar-refractivity contribution in [2.24, 2.45) is 0 Å². The number of halogens is 1. The van der Waals surface area contributed by atoms with E-state index in [0.29, 0.717) is 11.1 Å². The van der Waals surface area contributed by atoms with Crippen LogP contribution in [0.5, 0.6) is 0 Å². The van der Waals surface area contributed by atoms with Gasteiger partial charge in [0.15, 0.2) is 5.15 Å². The molecule has 1 unspecified atom stereocenters. The molecule has 0 spiro atoms. The molecule has 3 nitrogen and oxygen atoms in total. The predicted molar refractivity (Wildman–Crippen MR) is 61.9 cm³/mol. The third kappa shape index (κ3) is 1.41. The molecule has 0 bridgehead atoms. The highest BCUT2D eigenvalue weighted by Crippen LogP contribution is 2.40. The second-order valence-electron chi connectivity index (χ2n) is 4.80. The normalized spacial score (nSPS) is 24.9. The first-order valence-electron chi connectivity index (χ1n) is 6.03. The molecule has 4 heteroatoms. The second kappa shape index (κ2) is 3.88. The van der Waals surface area contributed by atoms with E-state index in [1.165, 1.54) is 19.3 Å². The summed E-state index contributed by atoms with van der Waals surface area (Å²) in [5, 5.41) is 0.619. The Balaban J connectivity index is 2.08. The largest absolute Gasteiger partial charge is 0.320 e. The van der Waals surface area contributed by atoms with Gasteiger partial charge >= 0.3 is 0 Å². The Labute approximate surface area is 99.8 Å². The summed E-state index contributed by atoms with van der Waals surface area (Å²) in [5.41, 5.74) is 1.08. The minimum atomic E-state index is -0.0284. The van der Waals surface area contributed by atoms with Gasteiger partial charge in [0.2, 0.25) is 0 Å². The topological polar surface area (TPSA) is 34.9 Å². The predicted octanol–water partition coefficient (Wildman–Crippen LogP) is 2.88. The maximum absolute atomic E-state index is 11.1. The summed E-state index contributed by atoms with van der Waals surface area (Å²) in [4.78, 5) is 15.6. The number of carbonyl (C=O) groups is 1. The molecule has 86 valence electrons. The van der Waals surface area contributed by atoms with Gasteiger partial charge in [-0.25, -0.2) is 4.98 Å². The Morgan fingerprint density at radius 1 is 1.31 bits per heavy atom. The van der Waals surface area contributed by atoms with Crippen molar-refractivity contribution in [3.63, 3.8) is 0 Å². The van der Waals surface area contributed by atoms with Crippen LogP contribution < -0.4 is 0 Å². The molecule has 0 saturated heterocycles. The molecule has 3 rings (SSSR count). The van der Waals surface area contributed by atoms with E-state index in [1.54, 1.807) is 0 Å². The first-order valence-corrected chi connectivity index (χ1v) is 6.41. The zero-order valence-electron chi connectivity index (χ0n) is 9.16. The number of hydrogen-bond donors (Lipinski definition) is 0. The van der Waals surface area contributed by atoms with E-state index in [0.717, 1.165) is 37.1 Å². The third-order valence-electron chi connectivity index (χ3n) is 3.86. The van der Waals surface area contributed by atoms with Crippen LogP contribution in [0.3, 0.4) is 0 Å². The van der Waals surface area contributed by atoms with E-state index in [2.05, 4.69) is 9.55 Å². The number of rotatable bonds is 2. The van der Waals surface area contributed by atoms with Gasteiger partial charge in [0.25, 0.3) is 0 Å². The van der Waals surface area contributed by atoms with Gasteiger partial charge in [-0.1, -0.05) is 18.0 Å². The van der Waals surface area contributed by atoms with Gasteiger partial charge in [0, 0.05) is 5.92 Å². The molecule has 2 heterocycles. The molecule has 1 saturated carbocycles. The fourth-order valence-corrected chi connectivity index (χ4v) is 3.01. The summed E-state index contributed by atoms with van der Waals surface area (Å²) < 4.78 is 2.11. The first kappa shape index (κ1) is 10.3. The highest BCUT2D eigenvalue weighted by molar-refractivity contribution is 6.30. The fraction of sp³-hybridized carbons (Fsp3) is 0.667. The van der Waals surface area contributed by atoms with E-state index in [1.807, 2.05) is 0 Å². The van der Waals surface area contributed by atoms with Crippen LogP contribution in [0.4, 0.5) is 0 Å². The van der Waals surface area contributed by atoms with Crippen molar-refractivity contribution in [2.45, 2.75) is 50.5 Å². The zero-order chi connectivity index (χ0) is 11.1. The summed E-state index contributed by atoms with van der Waals surface area (Å²) in [6.07, 6.45) is 7.64. The molecule has 1 aromatic heterocycles. The van der Waals surface area contributed by atoms with Crippen LogP contribution in [-0.2, 0) is 11.2 Å². The lowest BCUT2D eigenvalue weighted by Gasteiger charge is -2.29. The van der Waals surface area contributed by atoms with E-state index in [4.69, 9.17) is 11.6 Å². The van der Waals surface area contributed by atoms with Gasteiger partial charge in [-0.3, -0.25) is 0 Å². The van der Waals surface area contributed by atoms with Crippen molar-refractivity contribution >= 4 is 17.9 Å². The average Bonchev–Trinajstić information content (AvgIpc) is 2.54. The van der Waals surface area contributed by atoms with Crippen molar-refractivity contribution in [2.75, 3.05) is 0 Å². The monoisotopic (exact) mass is 238 g/mol. The SMILES string of the molecule is O=CC1CCCc2c(Cl)nc(C3CCC3)n21. The molecule has 1 atom stereocenters. The molecule has 2 aliphatic rings. The smallest absolute Gasteiger partial charge is 0.150 e. The molecule has 16 heavy (non-hydrogen) atoms. The lowest BCUT2D eigenvalue weighted by Crippen LogP contribution is -2.24. The summed E-state index contributed by atoms with van der Waals surface area (Å²) >= 11 is 6.16. The Kier molecular flexibility index (Phi) is 2.51. The highest BCUT2D eigenvalue weighted by Gasteiger charge is 2.32. The first-order chi connectivity index (χ1) is 7.81. The van der Waals surface area contributed by atoms with Gasteiger partial charge in [-0.05, 0) is 32.1 Å². The van der Waals surface area contributed by atoms with E-state index < -0.39 is 0 Å². The molecule has 1 aromatic rings. The summed E-state index contributed by atoms with van der Waals surface area (Å²) in [7, 11) is 0. The molecular formula is C12H15ClN2O. The number of fused-ring (bicyclic) bond motifs is 1. The van der Waals surface area contributed by atoms with Crippen LogP contribution in [0, 0.1) is 0 Å². The maximum atomic E-state index is 11.1. The quantitative estimate of drug-likeness (QED) is 0.743. The number of aromatic nitrogens is 2. The minimum absolute atomic E-state index is 0.0284. The average molecular weight is 239 g/mol. The second-order valence-corrected chi connectivity index (χ2v) is 5.16. The number of aldehydes is 1. The van der Waals surface area contributed by atoms with Crippen molar-refractivity contribution in [3.05, 3.63) is 16.7 Å². The number of nitrogens with zero attached hydrogens (tertiary/aromatic N) is 2. The van der Waals surface area contributed by atoms with E-state index >= 15 is 0 Å². The lowest BCUT2D eigenvalue weighted by molar-refractivity contribution is -0.111. The van der Waals surface area contributed by atoms with Crippen molar-refractivity contribution in [1.29, 1.82) is 0 Å². The van der Waals surface area contributed by atoms with Gasteiger partial charge in [0.05, 0.1) is 11.7 Å². The summed E-state index contributed by atoms with van der Waals surface area (Å²) in [6.45, 7) is 0. The molecule has 1 aliphatic carbocycles. The van der Waals surface area contributed by atoms with Crippen molar-refractivity contribution in [1.82, 2.24) is 9.55 Å². The van der Waals surface area contributed by atoms with Gasteiger partial charge < -0.3 is 9.36 Å². The Bertz CT molecular complexity index is 423. The highest BCUT2D eigenvalue weighted by atomic mass is 35.5. The molecule has 0 N–H and O–H groups in total. The van der Waals surface area contributed by atoms with Crippen LogP contribution in [0.15, 0.2) is 0 Å². The van der Waals surface area contributed by atoms with Crippen LogP contribution in [0.2, 0.25) is 5.15 Å². The van der Waals surface area contributed by atoms with Crippen LogP contribution >= 0.6 is 11.6 Å². The number of carbonyl (C=O) groups excluding carboxylic acids is 1. The zero-order valence-corrected chi connectivity index (χ0v) is 9.91. The van der Waals surface area contributed by atoms with E-state index in [9.17, 15) is 4.79 Å². The van der Waals surface area contributed by atoms with Crippen LogP contribution in [0.25, 0.3) is 0 Å². The Hall–Kier alpha value is -0.830. The third-order valence-corrected chi connectivity index (χ3v) is 4.16. The standard InChI is InChI=1S/C12H15ClN2O/c13-11-10-6-2-5-9(7-16)15(10)12(14-11)8-3-1-4-8/h7-9H,1-6H2. The lowest BCUT2D eigenvalue weighted by atomic mass is 9.84. The van der Waals surface area contributed by atoms with Crippen molar-refractivity contribution in [3.8, 4) is 0 Å². The van der Waals surface area contributed by atoms with Crippen LogP contribution in [0.1, 0.15) is 55.6 Å². The minimum Gasteiger partial charge on any atom is -0.320 e. The Morgan fingerprint density at radius 2 is 2.12 bits per heavy atom. The summed E-state index contributed by atoms with van der Waals surface area (Å²) in [5.74, 6) is 1.59. The summed E-state index contributed by atoms with van der Waals surface area (Å²) in [6, 6.07) is -0.0284. The van der Waals surface area contributed by atoms with E-state index in [-0.39, 0.29) is 6.04 Å². The maximum Gasteiger partial charge on any atom is 0.150 e.